The van der Waals surface area contributed by atoms with E-state index in [0.717, 1.165) is 27.4 Å². The van der Waals surface area contributed by atoms with Crippen molar-refractivity contribution in [1.29, 1.82) is 0 Å². The van der Waals surface area contributed by atoms with Crippen LogP contribution >= 0.6 is 12.2 Å². The van der Waals surface area contributed by atoms with Gasteiger partial charge in [0.1, 0.15) is 0 Å². The van der Waals surface area contributed by atoms with Crippen LogP contribution in [0.25, 0.3) is 0 Å². The smallest absolute Gasteiger partial charge is 0.0633 e. The van der Waals surface area contributed by atoms with Gasteiger partial charge in [-0.25, -0.2) is 0 Å². The Hall–Kier alpha value is -2.58. The Balaban J connectivity index is 1.93. The molecule has 0 spiro atoms. The number of hydrogen-bond donors (Lipinski definition) is 0. The second kappa shape index (κ2) is 7.61. The van der Waals surface area contributed by atoms with Crippen molar-refractivity contribution in [2.75, 3.05) is 0 Å². The van der Waals surface area contributed by atoms with Crippen LogP contribution in [-0.2, 0) is 0 Å². The first-order valence-corrected chi connectivity index (χ1v) is 8.00. The lowest BCUT2D eigenvalue weighted by atomic mass is 10.0. The highest BCUT2D eigenvalue weighted by molar-refractivity contribution is 7.80. The topological polar surface area (TPSA) is 12.4 Å². The Morgan fingerprint density at radius 2 is 1.13 bits per heavy atom. The van der Waals surface area contributed by atoms with Gasteiger partial charge in [-0.3, -0.25) is 4.99 Å². The number of para-hydroxylation sites is 1. The van der Waals surface area contributed by atoms with Gasteiger partial charge in [-0.05, 0) is 23.3 Å². The Morgan fingerprint density at radius 3 is 1.70 bits per heavy atom. The first kappa shape index (κ1) is 15.3. The first-order chi connectivity index (χ1) is 11.3. The molecule has 3 aromatic carbocycles. The average molecular weight is 315 g/mol. The molecule has 3 aromatic rings. The fourth-order valence-corrected chi connectivity index (χ4v) is 2.65. The molecule has 0 fully saturated rings. The third-order valence-corrected chi connectivity index (χ3v) is 3.93. The second-order valence-electron chi connectivity index (χ2n) is 5.23. The van der Waals surface area contributed by atoms with Gasteiger partial charge in [0, 0.05) is 11.3 Å². The maximum absolute atomic E-state index is 5.63. The van der Waals surface area contributed by atoms with Crippen LogP contribution in [0.5, 0.6) is 0 Å². The van der Waals surface area contributed by atoms with Crippen molar-refractivity contribution in [2.45, 2.75) is 6.42 Å². The Kier molecular flexibility index (Phi) is 5.07. The molecule has 0 atom stereocenters. The zero-order valence-corrected chi connectivity index (χ0v) is 13.5. The molecule has 112 valence electrons. The molecule has 0 aliphatic heterocycles. The van der Waals surface area contributed by atoms with E-state index in [1.54, 1.807) is 0 Å². The summed E-state index contributed by atoms with van der Waals surface area (Å²) in [4.78, 5) is 5.73. The summed E-state index contributed by atoms with van der Waals surface area (Å²) in [5.41, 5.74) is 4.13. The van der Waals surface area contributed by atoms with E-state index in [1.807, 2.05) is 78.9 Å². The molecule has 0 bridgehead atoms. The first-order valence-electron chi connectivity index (χ1n) is 7.59. The molecule has 1 nitrogen and oxygen atoms in total. The van der Waals surface area contributed by atoms with E-state index in [0.29, 0.717) is 6.42 Å². The lowest BCUT2D eigenvalue weighted by Gasteiger charge is -2.09. The molecule has 0 saturated carbocycles. The molecule has 2 heteroatoms. The zero-order chi connectivity index (χ0) is 15.9. The summed E-state index contributed by atoms with van der Waals surface area (Å²) in [6.07, 6.45) is 0.651. The molecule has 0 aromatic heterocycles. The molecule has 0 unspecified atom stereocenters. The summed E-state index contributed by atoms with van der Waals surface area (Å²) in [5, 5.41) is 0. The van der Waals surface area contributed by atoms with Crippen molar-refractivity contribution in [3.05, 3.63) is 102 Å². The van der Waals surface area contributed by atoms with Crippen LogP contribution in [-0.4, -0.2) is 10.6 Å². The van der Waals surface area contributed by atoms with Crippen molar-refractivity contribution in [3.63, 3.8) is 0 Å². The fraction of sp³-hybridized carbons (Fsp3) is 0.0476. The summed E-state index contributed by atoms with van der Waals surface area (Å²) in [5.74, 6) is 0. The van der Waals surface area contributed by atoms with E-state index in [4.69, 9.17) is 17.2 Å². The highest BCUT2D eigenvalue weighted by Crippen LogP contribution is 2.17. The molecular formula is C21H17NS. The van der Waals surface area contributed by atoms with Gasteiger partial charge in [0.05, 0.1) is 11.4 Å². The van der Waals surface area contributed by atoms with Gasteiger partial charge in [-0.15, -0.1) is 0 Å². The Labute approximate surface area is 142 Å². The average Bonchev–Trinajstić information content (AvgIpc) is 2.63. The largest absolute Gasteiger partial charge is 0.252 e. The SMILES string of the molecule is S=C(CC(=Nc1ccccc1)c1ccccc1)c1ccccc1. The molecule has 0 heterocycles. The number of benzene rings is 3. The number of aliphatic imine (C=N–C) groups is 1. The minimum absolute atomic E-state index is 0.651. The predicted molar refractivity (Wildman–Crippen MR) is 102 cm³/mol. The number of hydrogen-bond acceptors (Lipinski definition) is 2. The van der Waals surface area contributed by atoms with Gasteiger partial charge in [0.15, 0.2) is 0 Å². The molecule has 0 saturated heterocycles. The zero-order valence-electron chi connectivity index (χ0n) is 12.7. The monoisotopic (exact) mass is 315 g/mol. The minimum atomic E-state index is 0.651. The van der Waals surface area contributed by atoms with Gasteiger partial charge in [-0.2, -0.15) is 0 Å². The predicted octanol–water partition coefficient (Wildman–Crippen LogP) is 5.62. The normalized spacial score (nSPS) is 11.2. The molecule has 3 rings (SSSR count). The number of rotatable bonds is 5. The van der Waals surface area contributed by atoms with Gasteiger partial charge >= 0.3 is 0 Å². The molecule has 0 N–H and O–H groups in total. The maximum atomic E-state index is 5.63. The van der Waals surface area contributed by atoms with Crippen LogP contribution < -0.4 is 0 Å². The van der Waals surface area contributed by atoms with E-state index < -0.39 is 0 Å². The lowest BCUT2D eigenvalue weighted by molar-refractivity contribution is 1.43. The molecular weight excluding hydrogens is 298 g/mol. The molecule has 0 aliphatic carbocycles. The van der Waals surface area contributed by atoms with Crippen molar-refractivity contribution in [2.24, 2.45) is 4.99 Å². The van der Waals surface area contributed by atoms with E-state index in [2.05, 4.69) is 12.1 Å². The van der Waals surface area contributed by atoms with Crippen molar-refractivity contribution in [3.8, 4) is 0 Å². The van der Waals surface area contributed by atoms with Crippen molar-refractivity contribution in [1.82, 2.24) is 0 Å². The molecule has 23 heavy (non-hydrogen) atoms. The van der Waals surface area contributed by atoms with Crippen molar-refractivity contribution < 1.29 is 0 Å². The summed E-state index contributed by atoms with van der Waals surface area (Å²) < 4.78 is 0. The minimum Gasteiger partial charge on any atom is -0.252 e. The van der Waals surface area contributed by atoms with Crippen LogP contribution in [0.2, 0.25) is 0 Å². The summed E-state index contributed by atoms with van der Waals surface area (Å²) in [6, 6.07) is 30.4. The van der Waals surface area contributed by atoms with Crippen LogP contribution in [0.15, 0.2) is 96.0 Å². The van der Waals surface area contributed by atoms with Gasteiger partial charge in [0.25, 0.3) is 0 Å². The quantitative estimate of drug-likeness (QED) is 0.338. The van der Waals surface area contributed by atoms with E-state index >= 15 is 0 Å². The Morgan fingerprint density at radius 1 is 0.652 bits per heavy atom. The van der Waals surface area contributed by atoms with Crippen molar-refractivity contribution >= 4 is 28.5 Å². The maximum Gasteiger partial charge on any atom is 0.0633 e. The molecule has 0 aliphatic rings. The van der Waals surface area contributed by atoms with Crippen LogP contribution in [0.3, 0.4) is 0 Å². The summed E-state index contributed by atoms with van der Waals surface area (Å²) in [6.45, 7) is 0. The third kappa shape index (κ3) is 4.21. The summed E-state index contributed by atoms with van der Waals surface area (Å²) >= 11 is 5.63. The van der Waals surface area contributed by atoms with E-state index in [9.17, 15) is 0 Å². The fourth-order valence-electron chi connectivity index (χ4n) is 2.37. The lowest BCUT2D eigenvalue weighted by Crippen LogP contribution is -2.08. The molecule has 0 amide bonds. The van der Waals surface area contributed by atoms with Crippen LogP contribution in [0, 0.1) is 0 Å². The molecule has 0 radical (unpaired) electrons. The van der Waals surface area contributed by atoms with E-state index in [1.165, 1.54) is 0 Å². The highest BCUT2D eigenvalue weighted by Gasteiger charge is 2.09. The standard InChI is InChI=1S/C21H17NS/c23-21(18-12-6-2-7-13-18)16-20(17-10-4-1-5-11-17)22-19-14-8-3-9-15-19/h1-15H,16H2. The highest BCUT2D eigenvalue weighted by atomic mass is 32.1. The number of thiocarbonyl (C=S) groups is 1. The van der Waals surface area contributed by atoms with Gasteiger partial charge < -0.3 is 0 Å². The van der Waals surface area contributed by atoms with Crippen LogP contribution in [0.4, 0.5) is 5.69 Å². The third-order valence-electron chi connectivity index (χ3n) is 3.55. The summed E-state index contributed by atoms with van der Waals surface area (Å²) in [7, 11) is 0. The van der Waals surface area contributed by atoms with E-state index in [-0.39, 0.29) is 0 Å². The van der Waals surface area contributed by atoms with Crippen LogP contribution in [0.1, 0.15) is 17.5 Å². The second-order valence-corrected chi connectivity index (χ2v) is 5.72. The van der Waals surface area contributed by atoms with Gasteiger partial charge in [0.2, 0.25) is 0 Å². The number of nitrogens with zero attached hydrogens (tertiary/aromatic N) is 1. The Bertz CT molecular complexity index is 793. The van der Waals surface area contributed by atoms with Gasteiger partial charge in [-0.1, -0.05) is 91.1 Å².